The van der Waals surface area contributed by atoms with E-state index in [2.05, 4.69) is 0 Å². The molecule has 3 N–H and O–H groups in total. The van der Waals surface area contributed by atoms with Crippen LogP contribution in [0.5, 0.6) is 5.75 Å². The zero-order valence-electron chi connectivity index (χ0n) is 8.12. The molecule has 80 valence electrons. The van der Waals surface area contributed by atoms with Crippen molar-refractivity contribution in [1.29, 1.82) is 0 Å². The molecule has 0 unspecified atom stereocenters. The average molecular weight is 209 g/mol. The van der Waals surface area contributed by atoms with Crippen LogP contribution in [-0.2, 0) is 4.94 Å². The van der Waals surface area contributed by atoms with E-state index in [4.69, 9.17) is 20.6 Å². The number of nitrogens with two attached hydrogens (primary N) is 1. The summed E-state index contributed by atoms with van der Waals surface area (Å²) in [5.74, 6) is 0.863. The highest BCUT2D eigenvalue weighted by Crippen LogP contribution is 2.23. The van der Waals surface area contributed by atoms with Crippen LogP contribution in [0.25, 0.3) is 0 Å². The van der Waals surface area contributed by atoms with Crippen molar-refractivity contribution in [2.24, 2.45) is 5.73 Å². The van der Waals surface area contributed by atoms with Crippen LogP contribution in [0.2, 0.25) is 0 Å². The van der Waals surface area contributed by atoms with Crippen LogP contribution in [0.3, 0.4) is 0 Å². The molecule has 6 heteroatoms. The molecule has 0 aliphatic carbocycles. The van der Waals surface area contributed by atoms with Crippen LogP contribution in [0.15, 0.2) is 36.3 Å². The van der Waals surface area contributed by atoms with Gasteiger partial charge >= 0.3 is 0 Å². The Bertz CT molecular complexity index is 377. The van der Waals surface area contributed by atoms with Crippen LogP contribution in [0.1, 0.15) is 0 Å². The summed E-state index contributed by atoms with van der Waals surface area (Å²) in [6.07, 6.45) is 1.46. The number of methoxy groups -OCH3 is 1. The van der Waals surface area contributed by atoms with Gasteiger partial charge in [0.1, 0.15) is 5.75 Å². The van der Waals surface area contributed by atoms with E-state index in [0.717, 1.165) is 11.4 Å². The van der Waals surface area contributed by atoms with Crippen molar-refractivity contribution in [2.75, 3.05) is 12.2 Å². The number of anilines is 1. The van der Waals surface area contributed by atoms with E-state index in [9.17, 15) is 0 Å². The largest absolute Gasteiger partial charge is 0.497 e. The summed E-state index contributed by atoms with van der Waals surface area (Å²) >= 11 is 0. The van der Waals surface area contributed by atoms with Gasteiger partial charge in [0.25, 0.3) is 0 Å². The second kappa shape index (κ2) is 3.68. The van der Waals surface area contributed by atoms with Crippen LogP contribution in [0.4, 0.5) is 5.69 Å². The second-order valence-corrected chi connectivity index (χ2v) is 2.93. The standard InChI is InChI=1S/C9H11N3O3/c1-14-8-4-2-7(3-5-8)11-6-9(10)12(13)15-11/h2-6,13H,10H2,1H3. The van der Waals surface area contributed by atoms with Crippen LogP contribution in [-0.4, -0.2) is 17.5 Å². The smallest absolute Gasteiger partial charge is 0.176 e. The topological polar surface area (TPSA) is 71.2 Å². The molecule has 0 bridgehead atoms. The number of ether oxygens (including phenoxy) is 1. The average Bonchev–Trinajstić information content (AvgIpc) is 2.59. The first kappa shape index (κ1) is 9.63. The summed E-state index contributed by atoms with van der Waals surface area (Å²) in [4.78, 5) is 4.90. The number of hydrogen-bond donors (Lipinski definition) is 2. The quantitative estimate of drug-likeness (QED) is 0.751. The number of rotatable bonds is 2. The maximum Gasteiger partial charge on any atom is 0.176 e. The Hall–Kier alpha value is -1.92. The van der Waals surface area contributed by atoms with E-state index in [1.807, 2.05) is 0 Å². The lowest BCUT2D eigenvalue weighted by molar-refractivity contribution is -0.304. The Labute approximate surface area is 86.6 Å². The lowest BCUT2D eigenvalue weighted by Crippen LogP contribution is -2.22. The molecule has 0 saturated carbocycles. The zero-order chi connectivity index (χ0) is 10.8. The molecule has 1 aliphatic rings. The predicted molar refractivity (Wildman–Crippen MR) is 52.5 cm³/mol. The summed E-state index contributed by atoms with van der Waals surface area (Å²) in [7, 11) is 1.59. The van der Waals surface area contributed by atoms with Gasteiger partial charge < -0.3 is 10.5 Å². The Kier molecular flexibility index (Phi) is 2.36. The molecule has 0 radical (unpaired) electrons. The molecule has 0 aromatic heterocycles. The van der Waals surface area contributed by atoms with Gasteiger partial charge in [0.15, 0.2) is 5.82 Å². The summed E-state index contributed by atoms with van der Waals surface area (Å²) in [6, 6.07) is 7.12. The first-order chi connectivity index (χ1) is 7.20. The molecule has 0 atom stereocenters. The third-order valence-corrected chi connectivity index (χ3v) is 1.96. The van der Waals surface area contributed by atoms with Gasteiger partial charge in [-0.1, -0.05) is 5.23 Å². The number of hydrogen-bond acceptors (Lipinski definition) is 6. The summed E-state index contributed by atoms with van der Waals surface area (Å²) < 4.78 is 5.01. The van der Waals surface area contributed by atoms with Gasteiger partial charge in [-0.05, 0) is 24.3 Å². The molecular formula is C9H11N3O3. The normalized spacial score (nSPS) is 15.5. The Morgan fingerprint density at radius 2 is 2.00 bits per heavy atom. The molecule has 2 rings (SSSR count). The summed E-state index contributed by atoms with van der Waals surface area (Å²) in [6.45, 7) is 0. The van der Waals surface area contributed by atoms with Crippen molar-refractivity contribution < 1.29 is 14.9 Å². The lowest BCUT2D eigenvalue weighted by Gasteiger charge is -2.15. The second-order valence-electron chi connectivity index (χ2n) is 2.93. The van der Waals surface area contributed by atoms with Crippen molar-refractivity contribution in [2.45, 2.75) is 0 Å². The number of benzene rings is 1. The van der Waals surface area contributed by atoms with Gasteiger partial charge in [-0.25, -0.2) is 0 Å². The molecule has 1 aliphatic heterocycles. The molecular weight excluding hydrogens is 198 g/mol. The molecule has 0 spiro atoms. The molecule has 0 saturated heterocycles. The minimum Gasteiger partial charge on any atom is -0.497 e. The lowest BCUT2D eigenvalue weighted by atomic mass is 10.3. The highest BCUT2D eigenvalue weighted by molar-refractivity contribution is 5.49. The van der Waals surface area contributed by atoms with Gasteiger partial charge in [-0.2, -0.15) is 5.06 Å². The Morgan fingerprint density at radius 3 is 2.47 bits per heavy atom. The highest BCUT2D eigenvalue weighted by atomic mass is 17.0. The monoisotopic (exact) mass is 209 g/mol. The fourth-order valence-electron chi connectivity index (χ4n) is 1.17. The molecule has 6 nitrogen and oxygen atoms in total. The van der Waals surface area contributed by atoms with Crippen molar-refractivity contribution in [1.82, 2.24) is 5.23 Å². The maximum atomic E-state index is 9.08. The number of hydroxylamine groups is 3. The molecule has 15 heavy (non-hydrogen) atoms. The molecule has 1 aromatic rings. The van der Waals surface area contributed by atoms with Crippen molar-refractivity contribution in [3.8, 4) is 5.75 Å². The molecule has 0 fully saturated rings. The van der Waals surface area contributed by atoms with E-state index >= 15 is 0 Å². The number of nitrogens with zero attached hydrogens (tertiary/aromatic N) is 2. The minimum absolute atomic E-state index is 0.116. The zero-order valence-corrected chi connectivity index (χ0v) is 8.12. The van der Waals surface area contributed by atoms with Gasteiger partial charge in [-0.15, -0.1) is 4.94 Å². The van der Waals surface area contributed by atoms with Crippen molar-refractivity contribution in [3.63, 3.8) is 0 Å². The van der Waals surface area contributed by atoms with Gasteiger partial charge in [0.2, 0.25) is 0 Å². The molecule has 1 aromatic carbocycles. The molecule has 0 amide bonds. The minimum atomic E-state index is 0.116. The van der Waals surface area contributed by atoms with E-state index < -0.39 is 0 Å². The first-order valence-electron chi connectivity index (χ1n) is 4.28. The van der Waals surface area contributed by atoms with E-state index in [0.29, 0.717) is 5.23 Å². The van der Waals surface area contributed by atoms with Crippen LogP contribution < -0.4 is 15.5 Å². The summed E-state index contributed by atoms with van der Waals surface area (Å²) in [5.41, 5.74) is 6.14. The fraction of sp³-hybridized carbons (Fsp3) is 0.111. The highest BCUT2D eigenvalue weighted by Gasteiger charge is 2.19. The third-order valence-electron chi connectivity index (χ3n) is 1.96. The van der Waals surface area contributed by atoms with Gasteiger partial charge in [0, 0.05) is 0 Å². The van der Waals surface area contributed by atoms with Crippen molar-refractivity contribution in [3.05, 3.63) is 36.3 Å². The SMILES string of the molecule is COc1ccc(N2C=C(N)N(O)O2)cc1. The first-order valence-corrected chi connectivity index (χ1v) is 4.28. The predicted octanol–water partition coefficient (Wildman–Crippen LogP) is 0.811. The van der Waals surface area contributed by atoms with E-state index in [1.165, 1.54) is 11.3 Å². The third kappa shape index (κ3) is 1.80. The van der Waals surface area contributed by atoms with Crippen LogP contribution in [0, 0.1) is 0 Å². The van der Waals surface area contributed by atoms with E-state index in [1.54, 1.807) is 31.4 Å². The van der Waals surface area contributed by atoms with Crippen LogP contribution >= 0.6 is 0 Å². The molecule has 1 heterocycles. The van der Waals surface area contributed by atoms with E-state index in [-0.39, 0.29) is 5.82 Å². The maximum absolute atomic E-state index is 9.08. The van der Waals surface area contributed by atoms with Gasteiger partial charge in [-0.3, -0.25) is 5.21 Å². The Morgan fingerprint density at radius 1 is 1.33 bits per heavy atom. The van der Waals surface area contributed by atoms with Gasteiger partial charge in [0.05, 0.1) is 19.0 Å². The van der Waals surface area contributed by atoms with Crippen molar-refractivity contribution >= 4 is 5.69 Å². The Balaban J connectivity index is 2.17. The fourth-order valence-corrected chi connectivity index (χ4v) is 1.17. The summed E-state index contributed by atoms with van der Waals surface area (Å²) in [5, 5.41) is 10.9.